The van der Waals surface area contributed by atoms with Gasteiger partial charge in [0.05, 0.1) is 0 Å². The molecular weight excluding hydrogens is 323 g/mol. The van der Waals surface area contributed by atoms with Gasteiger partial charge in [-0.15, -0.1) is 0 Å². The van der Waals surface area contributed by atoms with Gasteiger partial charge >= 0.3 is 0 Å². The maximum Gasteiger partial charge on any atom is 0.165 e. The molecule has 0 bridgehead atoms. The van der Waals surface area contributed by atoms with Crippen molar-refractivity contribution in [3.8, 4) is 11.5 Å². The summed E-state index contributed by atoms with van der Waals surface area (Å²) >= 11 is 0. The molecule has 3 rings (SSSR count). The zero-order valence-electron chi connectivity index (χ0n) is 15.4. The standard InChI is InChI=1S/C24H25FO/c1-24(2,20-11-5-3-6-12-20)17-9-10-19-15-16-22(25)23(18-19)26-21-13-7-4-8-14-21/h3-8,11-16,18H,9-10,17H2,1-2H3. The van der Waals surface area contributed by atoms with Crippen LogP contribution in [0.1, 0.15) is 37.8 Å². The topological polar surface area (TPSA) is 9.23 Å². The summed E-state index contributed by atoms with van der Waals surface area (Å²) in [6.45, 7) is 4.55. The Morgan fingerprint density at radius 3 is 2.19 bits per heavy atom. The Balaban J connectivity index is 1.63. The normalized spacial score (nSPS) is 11.3. The van der Waals surface area contributed by atoms with Gasteiger partial charge in [0.25, 0.3) is 0 Å². The van der Waals surface area contributed by atoms with Crippen LogP contribution in [0.25, 0.3) is 0 Å². The third kappa shape index (κ3) is 4.72. The van der Waals surface area contributed by atoms with Crippen LogP contribution in [0.3, 0.4) is 0 Å². The van der Waals surface area contributed by atoms with Crippen molar-refractivity contribution in [1.82, 2.24) is 0 Å². The van der Waals surface area contributed by atoms with E-state index in [0.29, 0.717) is 5.75 Å². The minimum absolute atomic E-state index is 0.130. The molecule has 0 aliphatic carbocycles. The van der Waals surface area contributed by atoms with E-state index in [4.69, 9.17) is 4.74 Å². The zero-order valence-corrected chi connectivity index (χ0v) is 15.4. The van der Waals surface area contributed by atoms with Crippen molar-refractivity contribution in [3.05, 3.63) is 95.8 Å². The molecule has 0 radical (unpaired) electrons. The van der Waals surface area contributed by atoms with Crippen molar-refractivity contribution in [2.24, 2.45) is 0 Å². The lowest BCUT2D eigenvalue weighted by Gasteiger charge is -2.25. The van der Waals surface area contributed by atoms with Crippen molar-refractivity contribution >= 4 is 0 Å². The van der Waals surface area contributed by atoms with E-state index in [2.05, 4.69) is 38.1 Å². The lowest BCUT2D eigenvalue weighted by Crippen LogP contribution is -2.17. The Labute approximate surface area is 155 Å². The minimum Gasteiger partial charge on any atom is -0.454 e. The van der Waals surface area contributed by atoms with Crippen LogP contribution < -0.4 is 4.74 Å². The second-order valence-electron chi connectivity index (χ2n) is 7.28. The summed E-state index contributed by atoms with van der Waals surface area (Å²) < 4.78 is 19.8. The molecule has 0 spiro atoms. The SMILES string of the molecule is CC(C)(CCCc1ccc(F)c(Oc2ccccc2)c1)c1ccccc1. The Hall–Kier alpha value is -2.61. The van der Waals surface area contributed by atoms with E-state index >= 15 is 0 Å². The van der Waals surface area contributed by atoms with Crippen LogP contribution in [0.4, 0.5) is 4.39 Å². The lowest BCUT2D eigenvalue weighted by molar-refractivity contribution is 0.439. The van der Waals surface area contributed by atoms with Crippen LogP contribution in [0, 0.1) is 5.82 Å². The van der Waals surface area contributed by atoms with E-state index in [0.717, 1.165) is 24.8 Å². The third-order valence-electron chi connectivity index (χ3n) is 4.79. The molecular formula is C24H25FO. The number of ether oxygens (including phenoxy) is 1. The summed E-state index contributed by atoms with van der Waals surface area (Å²) in [7, 11) is 0. The number of rotatable bonds is 7. The van der Waals surface area contributed by atoms with Crippen molar-refractivity contribution in [2.45, 2.75) is 38.5 Å². The maximum absolute atomic E-state index is 14.1. The molecule has 0 atom stereocenters. The van der Waals surface area contributed by atoms with Crippen LogP contribution >= 0.6 is 0 Å². The first-order chi connectivity index (χ1) is 12.5. The summed E-state index contributed by atoms with van der Waals surface area (Å²) in [6, 6.07) is 25.1. The average Bonchev–Trinajstić information content (AvgIpc) is 2.66. The van der Waals surface area contributed by atoms with Gasteiger partial charge in [-0.05, 0) is 60.1 Å². The first-order valence-corrected chi connectivity index (χ1v) is 9.11. The number of halogens is 1. The van der Waals surface area contributed by atoms with Gasteiger partial charge in [-0.1, -0.05) is 68.4 Å². The highest BCUT2D eigenvalue weighted by molar-refractivity contribution is 5.35. The fraction of sp³-hybridized carbons (Fsp3) is 0.250. The van der Waals surface area contributed by atoms with Crippen molar-refractivity contribution in [2.75, 3.05) is 0 Å². The summed E-state index contributed by atoms with van der Waals surface area (Å²) in [6.07, 6.45) is 3.02. The summed E-state index contributed by atoms with van der Waals surface area (Å²) in [4.78, 5) is 0. The molecule has 0 saturated carbocycles. The highest BCUT2D eigenvalue weighted by atomic mass is 19.1. The largest absolute Gasteiger partial charge is 0.454 e. The Kier molecular flexibility index (Phi) is 5.72. The van der Waals surface area contributed by atoms with E-state index in [9.17, 15) is 4.39 Å². The lowest BCUT2D eigenvalue weighted by atomic mass is 9.80. The molecule has 0 heterocycles. The van der Waals surface area contributed by atoms with Gasteiger partial charge in [-0.2, -0.15) is 0 Å². The predicted molar refractivity (Wildman–Crippen MR) is 105 cm³/mol. The van der Waals surface area contributed by atoms with E-state index in [1.807, 2.05) is 48.5 Å². The van der Waals surface area contributed by atoms with E-state index in [1.165, 1.54) is 11.6 Å². The predicted octanol–water partition coefficient (Wildman–Crippen LogP) is 6.92. The number of benzene rings is 3. The fourth-order valence-electron chi connectivity index (χ4n) is 3.17. The van der Waals surface area contributed by atoms with Gasteiger partial charge in [-0.25, -0.2) is 4.39 Å². The molecule has 0 aromatic heterocycles. The average molecular weight is 348 g/mol. The van der Waals surface area contributed by atoms with Crippen LogP contribution in [0.5, 0.6) is 11.5 Å². The van der Waals surface area contributed by atoms with Gasteiger partial charge < -0.3 is 4.74 Å². The quantitative estimate of drug-likeness (QED) is 0.450. The van der Waals surface area contributed by atoms with E-state index in [-0.39, 0.29) is 17.0 Å². The zero-order chi connectivity index (χ0) is 18.4. The molecule has 0 N–H and O–H groups in total. The molecule has 0 aliphatic rings. The van der Waals surface area contributed by atoms with Gasteiger partial charge in [0.15, 0.2) is 11.6 Å². The van der Waals surface area contributed by atoms with Gasteiger partial charge in [0, 0.05) is 0 Å². The molecule has 2 heteroatoms. The summed E-state index contributed by atoms with van der Waals surface area (Å²) in [5.41, 5.74) is 2.58. The molecule has 3 aromatic rings. The molecule has 26 heavy (non-hydrogen) atoms. The van der Waals surface area contributed by atoms with Gasteiger partial charge in [0.1, 0.15) is 5.75 Å². The molecule has 0 saturated heterocycles. The molecule has 0 aliphatic heterocycles. The van der Waals surface area contributed by atoms with Crippen LogP contribution in [-0.4, -0.2) is 0 Å². The molecule has 0 unspecified atom stereocenters. The number of hydrogen-bond acceptors (Lipinski definition) is 1. The Bertz CT molecular complexity index is 825. The number of para-hydroxylation sites is 1. The van der Waals surface area contributed by atoms with Crippen LogP contribution in [-0.2, 0) is 11.8 Å². The monoisotopic (exact) mass is 348 g/mol. The van der Waals surface area contributed by atoms with Crippen molar-refractivity contribution < 1.29 is 9.13 Å². The van der Waals surface area contributed by atoms with E-state index < -0.39 is 0 Å². The second kappa shape index (κ2) is 8.18. The minimum atomic E-state index is -0.331. The first-order valence-electron chi connectivity index (χ1n) is 9.11. The highest BCUT2D eigenvalue weighted by Gasteiger charge is 2.19. The summed E-state index contributed by atoms with van der Waals surface area (Å²) in [5, 5.41) is 0. The number of aryl methyl sites for hydroxylation is 1. The van der Waals surface area contributed by atoms with Gasteiger partial charge in [-0.3, -0.25) is 0 Å². The molecule has 0 amide bonds. The second-order valence-corrected chi connectivity index (χ2v) is 7.28. The van der Waals surface area contributed by atoms with Crippen molar-refractivity contribution in [1.29, 1.82) is 0 Å². The van der Waals surface area contributed by atoms with E-state index in [1.54, 1.807) is 0 Å². The number of hydrogen-bond donors (Lipinski definition) is 0. The molecule has 134 valence electrons. The van der Waals surface area contributed by atoms with Gasteiger partial charge in [0.2, 0.25) is 0 Å². The molecule has 1 nitrogen and oxygen atoms in total. The smallest absolute Gasteiger partial charge is 0.165 e. The maximum atomic E-state index is 14.1. The highest BCUT2D eigenvalue weighted by Crippen LogP contribution is 2.30. The Morgan fingerprint density at radius 2 is 1.50 bits per heavy atom. The fourth-order valence-corrected chi connectivity index (χ4v) is 3.17. The third-order valence-corrected chi connectivity index (χ3v) is 4.79. The molecule has 0 fully saturated rings. The van der Waals surface area contributed by atoms with Crippen LogP contribution in [0.2, 0.25) is 0 Å². The first kappa shape index (κ1) is 18.2. The molecule has 3 aromatic carbocycles. The summed E-state index contributed by atoms with van der Waals surface area (Å²) in [5.74, 6) is 0.604. The Morgan fingerprint density at radius 1 is 0.846 bits per heavy atom. The van der Waals surface area contributed by atoms with Crippen LogP contribution in [0.15, 0.2) is 78.9 Å². The van der Waals surface area contributed by atoms with Crippen molar-refractivity contribution in [3.63, 3.8) is 0 Å².